The van der Waals surface area contributed by atoms with E-state index in [-0.39, 0.29) is 0 Å². The Morgan fingerprint density at radius 3 is 2.76 bits per heavy atom. The third-order valence-electron chi connectivity index (χ3n) is 4.53. The van der Waals surface area contributed by atoms with Crippen LogP contribution in [0.25, 0.3) is 0 Å². The van der Waals surface area contributed by atoms with Crippen molar-refractivity contribution in [3.8, 4) is 0 Å². The molecule has 3 atom stereocenters. The highest BCUT2D eigenvalue weighted by atomic mass is 35.5. The molecule has 3 unspecified atom stereocenters. The quantitative estimate of drug-likeness (QED) is 0.711. The molecule has 1 aliphatic carbocycles. The average Bonchev–Trinajstić information content (AvgIpc) is 2.75. The van der Waals surface area contributed by atoms with Crippen LogP contribution in [-0.4, -0.2) is 29.8 Å². The van der Waals surface area contributed by atoms with Gasteiger partial charge in [0.05, 0.1) is 0 Å². The average molecular weight is 258 g/mol. The Kier molecular flexibility index (Phi) is 4.72. The third-order valence-corrected chi connectivity index (χ3v) is 4.74. The van der Waals surface area contributed by atoms with Crippen LogP contribution in [-0.2, 0) is 4.79 Å². The lowest BCUT2D eigenvalue weighted by atomic mass is 9.92. The smallest absolute Gasteiger partial charge is 0.225 e. The summed E-state index contributed by atoms with van der Waals surface area (Å²) in [7, 11) is 0. The van der Waals surface area contributed by atoms with Gasteiger partial charge in [-0.05, 0) is 43.9 Å². The van der Waals surface area contributed by atoms with Gasteiger partial charge in [-0.3, -0.25) is 4.79 Å². The number of rotatable bonds is 3. The molecule has 17 heavy (non-hydrogen) atoms. The molecule has 0 bridgehead atoms. The molecule has 1 saturated carbocycles. The fourth-order valence-electron chi connectivity index (χ4n) is 3.40. The van der Waals surface area contributed by atoms with E-state index in [2.05, 4.69) is 11.8 Å². The summed E-state index contributed by atoms with van der Waals surface area (Å²) in [5, 5.41) is 0. The molecule has 2 aliphatic rings. The molecular formula is C14H24ClNO. The molecule has 3 heteroatoms. The maximum Gasteiger partial charge on any atom is 0.225 e. The van der Waals surface area contributed by atoms with Gasteiger partial charge >= 0.3 is 0 Å². The largest absolute Gasteiger partial charge is 0.342 e. The number of nitrogens with zero attached hydrogens (tertiary/aromatic N) is 1. The zero-order valence-electron chi connectivity index (χ0n) is 10.8. The van der Waals surface area contributed by atoms with Crippen LogP contribution in [0, 0.1) is 17.8 Å². The van der Waals surface area contributed by atoms with Crippen LogP contribution in [0.3, 0.4) is 0 Å². The lowest BCUT2D eigenvalue weighted by Crippen LogP contribution is -2.43. The van der Waals surface area contributed by atoms with Gasteiger partial charge in [0, 0.05) is 24.9 Å². The van der Waals surface area contributed by atoms with Gasteiger partial charge in [0.15, 0.2) is 0 Å². The second-order valence-electron chi connectivity index (χ2n) is 5.78. The summed E-state index contributed by atoms with van der Waals surface area (Å²) >= 11 is 5.81. The molecule has 0 aromatic heterocycles. The number of likely N-dealkylation sites (tertiary alicyclic amines) is 1. The molecule has 0 spiro atoms. The number of carbonyl (C=O) groups is 1. The van der Waals surface area contributed by atoms with Crippen LogP contribution in [0.4, 0.5) is 0 Å². The zero-order valence-corrected chi connectivity index (χ0v) is 11.6. The summed E-state index contributed by atoms with van der Waals surface area (Å²) in [4.78, 5) is 14.6. The lowest BCUT2D eigenvalue weighted by Gasteiger charge is -2.35. The van der Waals surface area contributed by atoms with Crippen molar-refractivity contribution in [3.63, 3.8) is 0 Å². The van der Waals surface area contributed by atoms with Crippen LogP contribution in [0.5, 0.6) is 0 Å². The summed E-state index contributed by atoms with van der Waals surface area (Å²) in [5.41, 5.74) is 0. The second kappa shape index (κ2) is 6.08. The molecular weight excluding hydrogens is 234 g/mol. The summed E-state index contributed by atoms with van der Waals surface area (Å²) in [5.74, 6) is 2.70. The zero-order chi connectivity index (χ0) is 12.3. The summed E-state index contributed by atoms with van der Waals surface area (Å²) in [6.07, 6.45) is 7.04. The topological polar surface area (TPSA) is 20.3 Å². The first-order valence-corrected chi connectivity index (χ1v) is 7.60. The maximum atomic E-state index is 12.5. The first-order chi connectivity index (χ1) is 8.22. The minimum absolute atomic E-state index is 0.310. The van der Waals surface area contributed by atoms with Gasteiger partial charge in [-0.2, -0.15) is 0 Å². The van der Waals surface area contributed by atoms with E-state index in [1.165, 1.54) is 19.3 Å². The van der Waals surface area contributed by atoms with Crippen molar-refractivity contribution in [2.45, 2.75) is 45.4 Å². The number of hydrogen-bond acceptors (Lipinski definition) is 1. The first kappa shape index (κ1) is 13.2. The van der Waals surface area contributed by atoms with Gasteiger partial charge < -0.3 is 4.90 Å². The Hall–Kier alpha value is -0.240. The highest BCUT2D eigenvalue weighted by Crippen LogP contribution is 2.33. The van der Waals surface area contributed by atoms with E-state index in [1.54, 1.807) is 0 Å². The Bertz CT molecular complexity index is 267. The number of halogens is 1. The molecule has 1 amide bonds. The third kappa shape index (κ3) is 3.15. The standard InChI is InChI=1S/C14H24ClNO/c1-11-4-2-6-13(11)14(17)16-9-3-5-12(10-16)7-8-15/h11-13H,2-10H2,1H3. The van der Waals surface area contributed by atoms with Crippen molar-refractivity contribution < 1.29 is 4.79 Å². The van der Waals surface area contributed by atoms with Crippen molar-refractivity contribution in [1.29, 1.82) is 0 Å². The second-order valence-corrected chi connectivity index (χ2v) is 6.16. The molecule has 1 heterocycles. The summed E-state index contributed by atoms with van der Waals surface area (Å²) in [6, 6.07) is 0. The van der Waals surface area contributed by atoms with E-state index in [0.717, 1.165) is 38.2 Å². The Morgan fingerprint density at radius 2 is 2.12 bits per heavy atom. The minimum atomic E-state index is 0.310. The van der Waals surface area contributed by atoms with Gasteiger partial charge in [-0.25, -0.2) is 0 Å². The van der Waals surface area contributed by atoms with Crippen molar-refractivity contribution in [3.05, 3.63) is 0 Å². The number of alkyl halides is 1. The van der Waals surface area contributed by atoms with Gasteiger partial charge in [0.1, 0.15) is 0 Å². The van der Waals surface area contributed by atoms with E-state index >= 15 is 0 Å². The predicted molar refractivity (Wildman–Crippen MR) is 71.1 cm³/mol. The summed E-state index contributed by atoms with van der Waals surface area (Å²) in [6.45, 7) is 4.16. The Morgan fingerprint density at radius 1 is 1.29 bits per heavy atom. The van der Waals surface area contributed by atoms with Crippen LogP contribution in [0.2, 0.25) is 0 Å². The number of hydrogen-bond donors (Lipinski definition) is 0. The van der Waals surface area contributed by atoms with Gasteiger partial charge in [0.2, 0.25) is 5.91 Å². The van der Waals surface area contributed by atoms with E-state index in [9.17, 15) is 4.79 Å². The fourth-order valence-corrected chi connectivity index (χ4v) is 3.71. The van der Waals surface area contributed by atoms with Crippen LogP contribution < -0.4 is 0 Å². The van der Waals surface area contributed by atoms with Crippen molar-refractivity contribution in [2.75, 3.05) is 19.0 Å². The molecule has 0 aromatic carbocycles. The normalized spacial score (nSPS) is 34.0. The van der Waals surface area contributed by atoms with Crippen LogP contribution in [0.15, 0.2) is 0 Å². The van der Waals surface area contributed by atoms with Crippen molar-refractivity contribution in [1.82, 2.24) is 4.90 Å². The maximum absolute atomic E-state index is 12.5. The fraction of sp³-hybridized carbons (Fsp3) is 0.929. The Labute approximate surface area is 110 Å². The number of piperidine rings is 1. The molecule has 2 nitrogen and oxygen atoms in total. The minimum Gasteiger partial charge on any atom is -0.342 e. The molecule has 0 radical (unpaired) electrons. The van der Waals surface area contributed by atoms with Crippen molar-refractivity contribution in [2.24, 2.45) is 17.8 Å². The van der Waals surface area contributed by atoms with Gasteiger partial charge in [-0.15, -0.1) is 11.6 Å². The molecule has 1 saturated heterocycles. The number of carbonyl (C=O) groups excluding carboxylic acids is 1. The van der Waals surface area contributed by atoms with E-state index in [1.807, 2.05) is 0 Å². The van der Waals surface area contributed by atoms with Crippen molar-refractivity contribution >= 4 is 17.5 Å². The molecule has 0 N–H and O–H groups in total. The molecule has 98 valence electrons. The SMILES string of the molecule is CC1CCCC1C(=O)N1CCCC(CCCl)C1. The van der Waals surface area contributed by atoms with E-state index < -0.39 is 0 Å². The van der Waals surface area contributed by atoms with Crippen LogP contribution >= 0.6 is 11.6 Å². The van der Waals surface area contributed by atoms with Crippen LogP contribution in [0.1, 0.15) is 45.4 Å². The Balaban J connectivity index is 1.90. The molecule has 2 rings (SSSR count). The number of amides is 1. The van der Waals surface area contributed by atoms with Gasteiger partial charge in [-0.1, -0.05) is 13.3 Å². The van der Waals surface area contributed by atoms with E-state index in [4.69, 9.17) is 11.6 Å². The van der Waals surface area contributed by atoms with Gasteiger partial charge in [0.25, 0.3) is 0 Å². The first-order valence-electron chi connectivity index (χ1n) is 7.07. The molecule has 1 aliphatic heterocycles. The highest BCUT2D eigenvalue weighted by molar-refractivity contribution is 6.17. The molecule has 2 fully saturated rings. The van der Waals surface area contributed by atoms with E-state index in [0.29, 0.717) is 23.7 Å². The predicted octanol–water partition coefficient (Wildman–Crippen LogP) is 3.29. The summed E-state index contributed by atoms with van der Waals surface area (Å²) < 4.78 is 0. The monoisotopic (exact) mass is 257 g/mol. The lowest BCUT2D eigenvalue weighted by molar-refractivity contribution is -0.138. The molecule has 0 aromatic rings. The highest BCUT2D eigenvalue weighted by Gasteiger charge is 2.34.